The van der Waals surface area contributed by atoms with E-state index < -0.39 is 0 Å². The molecule has 3 aromatic rings. The summed E-state index contributed by atoms with van der Waals surface area (Å²) < 4.78 is 18.5. The maximum atomic E-state index is 13.4. The zero-order valence-electron chi connectivity index (χ0n) is 16.7. The monoisotopic (exact) mass is 407 g/mol. The number of carbonyl (C=O) groups excluding carboxylic acids is 1. The van der Waals surface area contributed by atoms with Crippen molar-refractivity contribution in [1.82, 2.24) is 19.9 Å². The summed E-state index contributed by atoms with van der Waals surface area (Å²) in [4.78, 5) is 29.3. The number of hydrogen-bond donors (Lipinski definition) is 0. The van der Waals surface area contributed by atoms with Gasteiger partial charge in [-0.1, -0.05) is 0 Å². The highest BCUT2D eigenvalue weighted by atomic mass is 19.1. The molecule has 1 saturated heterocycles. The molecule has 0 spiro atoms. The van der Waals surface area contributed by atoms with Gasteiger partial charge in [-0.25, -0.2) is 19.2 Å². The van der Waals surface area contributed by atoms with Crippen LogP contribution in [0.2, 0.25) is 0 Å². The lowest BCUT2D eigenvalue weighted by atomic mass is 10.1. The van der Waals surface area contributed by atoms with Crippen molar-refractivity contribution in [2.75, 3.05) is 37.7 Å². The summed E-state index contributed by atoms with van der Waals surface area (Å²) in [6, 6.07) is 11.9. The van der Waals surface area contributed by atoms with Gasteiger partial charge in [-0.15, -0.1) is 0 Å². The summed E-state index contributed by atoms with van der Waals surface area (Å²) in [5.41, 5.74) is 2.36. The minimum absolute atomic E-state index is 0.288. The standard InChI is InChI=1S/C22H22FN5O2/c1-2-30-22(29)28-13-11-27(12-14-28)20-15-19(16-3-5-18(23)6-4-16)25-21(26-20)17-7-9-24-10-8-17/h3-10,15H,2,11-14H2,1H3. The van der Waals surface area contributed by atoms with Crippen LogP contribution >= 0.6 is 0 Å². The van der Waals surface area contributed by atoms with Crippen molar-refractivity contribution < 1.29 is 13.9 Å². The molecule has 1 aliphatic heterocycles. The number of piperazine rings is 1. The Bertz CT molecular complexity index is 1010. The average molecular weight is 407 g/mol. The van der Waals surface area contributed by atoms with Gasteiger partial charge in [0.25, 0.3) is 0 Å². The van der Waals surface area contributed by atoms with Crippen molar-refractivity contribution in [1.29, 1.82) is 0 Å². The van der Waals surface area contributed by atoms with E-state index in [0.29, 0.717) is 44.3 Å². The number of rotatable bonds is 4. The molecule has 0 saturated carbocycles. The zero-order valence-corrected chi connectivity index (χ0v) is 16.7. The third kappa shape index (κ3) is 4.37. The second-order valence-electron chi connectivity index (χ2n) is 6.85. The van der Waals surface area contributed by atoms with E-state index in [1.165, 1.54) is 12.1 Å². The van der Waals surface area contributed by atoms with Crippen LogP contribution in [-0.4, -0.2) is 58.7 Å². The maximum Gasteiger partial charge on any atom is 0.409 e. The number of amides is 1. The molecule has 2 aromatic heterocycles. The first kappa shape index (κ1) is 19.8. The predicted molar refractivity (Wildman–Crippen MR) is 111 cm³/mol. The van der Waals surface area contributed by atoms with E-state index in [-0.39, 0.29) is 11.9 Å². The lowest BCUT2D eigenvalue weighted by Crippen LogP contribution is -2.49. The van der Waals surface area contributed by atoms with Crippen LogP contribution in [0, 0.1) is 5.82 Å². The van der Waals surface area contributed by atoms with Gasteiger partial charge in [0.2, 0.25) is 0 Å². The van der Waals surface area contributed by atoms with Gasteiger partial charge < -0.3 is 14.5 Å². The van der Waals surface area contributed by atoms with Crippen LogP contribution in [0.5, 0.6) is 0 Å². The van der Waals surface area contributed by atoms with E-state index in [4.69, 9.17) is 14.7 Å². The topological polar surface area (TPSA) is 71.5 Å². The Morgan fingerprint density at radius 1 is 1.00 bits per heavy atom. The minimum atomic E-state index is -0.294. The van der Waals surface area contributed by atoms with E-state index in [2.05, 4.69) is 9.88 Å². The van der Waals surface area contributed by atoms with Crippen LogP contribution in [0.3, 0.4) is 0 Å². The Balaban J connectivity index is 1.65. The van der Waals surface area contributed by atoms with E-state index >= 15 is 0 Å². The van der Waals surface area contributed by atoms with Gasteiger partial charge in [0.1, 0.15) is 11.6 Å². The highest BCUT2D eigenvalue weighted by molar-refractivity contribution is 5.69. The highest BCUT2D eigenvalue weighted by Gasteiger charge is 2.23. The van der Waals surface area contributed by atoms with Crippen LogP contribution < -0.4 is 4.90 Å². The van der Waals surface area contributed by atoms with Gasteiger partial charge >= 0.3 is 6.09 Å². The fourth-order valence-electron chi connectivity index (χ4n) is 3.33. The van der Waals surface area contributed by atoms with E-state index in [9.17, 15) is 9.18 Å². The van der Waals surface area contributed by atoms with Gasteiger partial charge in [-0.3, -0.25) is 4.98 Å². The Morgan fingerprint density at radius 2 is 1.70 bits per heavy atom. The van der Waals surface area contributed by atoms with Crippen molar-refractivity contribution in [2.45, 2.75) is 6.92 Å². The normalized spacial score (nSPS) is 13.9. The van der Waals surface area contributed by atoms with Crippen LogP contribution in [0.1, 0.15) is 6.92 Å². The van der Waals surface area contributed by atoms with Gasteiger partial charge in [0, 0.05) is 55.8 Å². The number of pyridine rings is 1. The number of ether oxygens (including phenoxy) is 1. The third-order valence-electron chi connectivity index (χ3n) is 4.92. The number of anilines is 1. The molecule has 1 fully saturated rings. The number of halogens is 1. The Labute approximate surface area is 174 Å². The molecule has 8 heteroatoms. The summed E-state index contributed by atoms with van der Waals surface area (Å²) in [6.07, 6.45) is 3.10. The smallest absolute Gasteiger partial charge is 0.409 e. The molecule has 0 atom stereocenters. The molecule has 0 unspecified atom stereocenters. The molecular formula is C22H22FN5O2. The molecule has 3 heterocycles. The number of aromatic nitrogens is 3. The average Bonchev–Trinajstić information content (AvgIpc) is 2.80. The summed E-state index contributed by atoms with van der Waals surface area (Å²) >= 11 is 0. The lowest BCUT2D eigenvalue weighted by Gasteiger charge is -2.35. The van der Waals surface area contributed by atoms with E-state index in [1.54, 1.807) is 36.4 Å². The van der Waals surface area contributed by atoms with Crippen molar-refractivity contribution in [3.63, 3.8) is 0 Å². The first-order valence-corrected chi connectivity index (χ1v) is 9.86. The lowest BCUT2D eigenvalue weighted by molar-refractivity contribution is 0.105. The second-order valence-corrected chi connectivity index (χ2v) is 6.85. The molecule has 1 aromatic carbocycles. The second kappa shape index (κ2) is 8.86. The number of nitrogens with zero attached hydrogens (tertiary/aromatic N) is 5. The van der Waals surface area contributed by atoms with Crippen LogP contribution in [0.15, 0.2) is 54.9 Å². The molecule has 0 aliphatic carbocycles. The Morgan fingerprint density at radius 3 is 2.37 bits per heavy atom. The minimum Gasteiger partial charge on any atom is -0.450 e. The molecule has 1 aliphatic rings. The molecule has 0 bridgehead atoms. The number of benzene rings is 1. The van der Waals surface area contributed by atoms with Crippen molar-refractivity contribution in [3.8, 4) is 22.6 Å². The SMILES string of the molecule is CCOC(=O)N1CCN(c2cc(-c3ccc(F)cc3)nc(-c3ccncc3)n2)CC1. The molecule has 7 nitrogen and oxygen atoms in total. The van der Waals surface area contributed by atoms with E-state index in [0.717, 1.165) is 16.9 Å². The molecule has 4 rings (SSSR count). The van der Waals surface area contributed by atoms with Crippen molar-refractivity contribution in [2.24, 2.45) is 0 Å². The first-order chi connectivity index (χ1) is 14.6. The summed E-state index contributed by atoms with van der Waals surface area (Å²) in [5, 5.41) is 0. The Kier molecular flexibility index (Phi) is 5.83. The third-order valence-corrected chi connectivity index (χ3v) is 4.92. The Hall–Kier alpha value is -3.55. The molecular weight excluding hydrogens is 385 g/mol. The van der Waals surface area contributed by atoms with Gasteiger partial charge in [-0.05, 0) is 43.3 Å². The molecule has 154 valence electrons. The largest absolute Gasteiger partial charge is 0.450 e. The predicted octanol–water partition coefficient (Wildman–Crippen LogP) is 3.62. The first-order valence-electron chi connectivity index (χ1n) is 9.86. The molecule has 0 N–H and O–H groups in total. The summed E-state index contributed by atoms with van der Waals surface area (Å²) in [7, 11) is 0. The maximum absolute atomic E-state index is 13.4. The van der Waals surface area contributed by atoms with Crippen molar-refractivity contribution in [3.05, 3.63) is 60.7 Å². The van der Waals surface area contributed by atoms with Crippen molar-refractivity contribution >= 4 is 11.9 Å². The molecule has 1 amide bonds. The van der Waals surface area contributed by atoms with Gasteiger partial charge in [-0.2, -0.15) is 0 Å². The van der Waals surface area contributed by atoms with Gasteiger partial charge in [0.15, 0.2) is 5.82 Å². The fraction of sp³-hybridized carbons (Fsp3) is 0.273. The molecule has 30 heavy (non-hydrogen) atoms. The summed E-state index contributed by atoms with van der Waals surface area (Å²) in [5.74, 6) is 1.04. The van der Waals surface area contributed by atoms with Crippen LogP contribution in [0.4, 0.5) is 15.0 Å². The number of carbonyl (C=O) groups is 1. The van der Waals surface area contributed by atoms with Crippen LogP contribution in [0.25, 0.3) is 22.6 Å². The van der Waals surface area contributed by atoms with Gasteiger partial charge in [0.05, 0.1) is 12.3 Å². The summed E-state index contributed by atoms with van der Waals surface area (Å²) in [6.45, 7) is 4.54. The van der Waals surface area contributed by atoms with E-state index in [1.807, 2.05) is 18.2 Å². The quantitative estimate of drug-likeness (QED) is 0.658. The number of hydrogen-bond acceptors (Lipinski definition) is 6. The zero-order chi connectivity index (χ0) is 20.9. The fourth-order valence-corrected chi connectivity index (χ4v) is 3.33. The highest BCUT2D eigenvalue weighted by Crippen LogP contribution is 2.26. The molecule has 0 radical (unpaired) electrons. The van der Waals surface area contributed by atoms with Crippen LogP contribution in [-0.2, 0) is 4.74 Å².